The summed E-state index contributed by atoms with van der Waals surface area (Å²) in [6.45, 7) is 5.48. The van der Waals surface area contributed by atoms with Gasteiger partial charge in [0.1, 0.15) is 0 Å². The van der Waals surface area contributed by atoms with Crippen molar-refractivity contribution in [3.05, 3.63) is 48.4 Å². The Morgan fingerprint density at radius 1 is 1.22 bits per heavy atom. The van der Waals surface area contributed by atoms with E-state index in [4.69, 9.17) is 0 Å². The molecule has 7 heteroatoms. The average molecular weight is 337 g/mol. The zero-order valence-electron chi connectivity index (χ0n) is 13.5. The number of aliphatic hydroxyl groups is 1. The van der Waals surface area contributed by atoms with Gasteiger partial charge in [0, 0.05) is 12.2 Å². The van der Waals surface area contributed by atoms with Crippen molar-refractivity contribution in [3.8, 4) is 0 Å². The van der Waals surface area contributed by atoms with Crippen molar-refractivity contribution in [2.75, 3.05) is 6.61 Å². The molecule has 0 spiro atoms. The van der Waals surface area contributed by atoms with E-state index in [0.717, 1.165) is 5.56 Å². The Morgan fingerprint density at radius 2 is 1.87 bits per heavy atom. The zero-order chi connectivity index (χ0) is 17.0. The SMILES string of the molecule is CC(C)n1cnc(S(=O)(=O)N[C@H](CO)[C@H](C)c2ccccc2)c1. The van der Waals surface area contributed by atoms with E-state index in [2.05, 4.69) is 9.71 Å². The van der Waals surface area contributed by atoms with Crippen molar-refractivity contribution in [2.24, 2.45) is 0 Å². The first-order chi connectivity index (χ1) is 10.8. The molecule has 0 unspecified atom stereocenters. The summed E-state index contributed by atoms with van der Waals surface area (Å²) >= 11 is 0. The van der Waals surface area contributed by atoms with Gasteiger partial charge in [-0.25, -0.2) is 18.1 Å². The second-order valence-electron chi connectivity index (χ2n) is 5.86. The summed E-state index contributed by atoms with van der Waals surface area (Å²) in [4.78, 5) is 3.96. The fourth-order valence-corrected chi connectivity index (χ4v) is 3.53. The molecule has 2 rings (SSSR count). The summed E-state index contributed by atoms with van der Waals surface area (Å²) in [5.74, 6) is -0.164. The van der Waals surface area contributed by atoms with E-state index in [0.29, 0.717) is 0 Å². The molecule has 0 amide bonds. The normalized spacial score (nSPS) is 14.8. The topological polar surface area (TPSA) is 84.2 Å². The second-order valence-corrected chi connectivity index (χ2v) is 7.52. The van der Waals surface area contributed by atoms with Gasteiger partial charge in [-0.1, -0.05) is 37.3 Å². The maximum Gasteiger partial charge on any atom is 0.259 e. The van der Waals surface area contributed by atoms with Gasteiger partial charge in [0.25, 0.3) is 10.0 Å². The van der Waals surface area contributed by atoms with Crippen LogP contribution in [0.3, 0.4) is 0 Å². The van der Waals surface area contributed by atoms with E-state index >= 15 is 0 Å². The van der Waals surface area contributed by atoms with Crippen LogP contribution in [0.5, 0.6) is 0 Å². The van der Waals surface area contributed by atoms with Crippen LogP contribution in [-0.2, 0) is 10.0 Å². The van der Waals surface area contributed by atoms with Crippen LogP contribution in [0.15, 0.2) is 47.9 Å². The molecule has 1 heterocycles. The number of rotatable bonds is 7. The van der Waals surface area contributed by atoms with Gasteiger partial charge >= 0.3 is 0 Å². The maximum absolute atomic E-state index is 12.5. The molecule has 126 valence electrons. The fraction of sp³-hybridized carbons (Fsp3) is 0.438. The summed E-state index contributed by atoms with van der Waals surface area (Å²) in [7, 11) is -3.78. The third-order valence-corrected chi connectivity index (χ3v) is 5.26. The number of aliphatic hydroxyl groups excluding tert-OH is 1. The quantitative estimate of drug-likeness (QED) is 0.808. The largest absolute Gasteiger partial charge is 0.395 e. The van der Waals surface area contributed by atoms with Crippen LogP contribution >= 0.6 is 0 Å². The molecular formula is C16H23N3O3S. The highest BCUT2D eigenvalue weighted by Gasteiger charge is 2.26. The van der Waals surface area contributed by atoms with Crippen LogP contribution in [0.2, 0.25) is 0 Å². The molecule has 0 aliphatic heterocycles. The molecule has 0 fully saturated rings. The minimum atomic E-state index is -3.78. The minimum Gasteiger partial charge on any atom is -0.395 e. The number of hydrogen-bond acceptors (Lipinski definition) is 4. The summed E-state index contributed by atoms with van der Waals surface area (Å²) in [5.41, 5.74) is 0.960. The van der Waals surface area contributed by atoms with Crippen molar-refractivity contribution in [3.63, 3.8) is 0 Å². The fourth-order valence-electron chi connectivity index (χ4n) is 2.28. The first-order valence-corrected chi connectivity index (χ1v) is 9.05. The summed E-state index contributed by atoms with van der Waals surface area (Å²) in [6.07, 6.45) is 2.99. The van der Waals surface area contributed by atoms with E-state index in [9.17, 15) is 13.5 Å². The molecular weight excluding hydrogens is 314 g/mol. The second kappa shape index (κ2) is 7.25. The lowest BCUT2D eigenvalue weighted by Crippen LogP contribution is -2.41. The standard InChI is InChI=1S/C16H23N3O3S/c1-12(2)19-9-16(17-11-19)23(21,22)18-15(10-20)13(3)14-7-5-4-6-8-14/h4-9,11-13,15,18,20H,10H2,1-3H3/t13-,15-/m1/s1. The molecule has 0 saturated carbocycles. The highest BCUT2D eigenvalue weighted by Crippen LogP contribution is 2.20. The van der Waals surface area contributed by atoms with E-state index in [1.165, 1.54) is 12.5 Å². The lowest BCUT2D eigenvalue weighted by atomic mass is 9.94. The van der Waals surface area contributed by atoms with Gasteiger partial charge in [-0.3, -0.25) is 0 Å². The monoisotopic (exact) mass is 337 g/mol. The maximum atomic E-state index is 12.5. The molecule has 0 radical (unpaired) electrons. The van der Waals surface area contributed by atoms with E-state index in [1.54, 1.807) is 4.57 Å². The van der Waals surface area contributed by atoms with Crippen LogP contribution in [0, 0.1) is 0 Å². The minimum absolute atomic E-state index is 0.0371. The number of hydrogen-bond donors (Lipinski definition) is 2. The Kier molecular flexibility index (Phi) is 5.56. The van der Waals surface area contributed by atoms with Gasteiger partial charge in [0.2, 0.25) is 0 Å². The Balaban J connectivity index is 2.19. The summed E-state index contributed by atoms with van der Waals surface area (Å²) in [6, 6.07) is 9.00. The highest BCUT2D eigenvalue weighted by molar-refractivity contribution is 7.89. The lowest BCUT2D eigenvalue weighted by Gasteiger charge is -2.23. The van der Waals surface area contributed by atoms with E-state index in [1.807, 2.05) is 51.1 Å². The molecule has 2 N–H and O–H groups in total. The molecule has 1 aromatic heterocycles. The van der Waals surface area contributed by atoms with E-state index in [-0.39, 0.29) is 23.6 Å². The molecule has 23 heavy (non-hydrogen) atoms. The Labute approximate surface area is 137 Å². The van der Waals surface area contributed by atoms with Gasteiger partial charge in [-0.15, -0.1) is 0 Å². The molecule has 2 atom stereocenters. The van der Waals surface area contributed by atoms with Crippen molar-refractivity contribution in [1.29, 1.82) is 0 Å². The van der Waals surface area contributed by atoms with Gasteiger partial charge < -0.3 is 9.67 Å². The molecule has 0 aliphatic carbocycles. The third kappa shape index (κ3) is 4.19. The van der Waals surface area contributed by atoms with Crippen LogP contribution in [0.4, 0.5) is 0 Å². The molecule has 0 aliphatic rings. The Hall–Kier alpha value is -1.70. The number of sulfonamides is 1. The lowest BCUT2D eigenvalue weighted by molar-refractivity contribution is 0.242. The first kappa shape index (κ1) is 17.7. The smallest absolute Gasteiger partial charge is 0.259 e. The molecule has 0 saturated heterocycles. The van der Waals surface area contributed by atoms with Crippen molar-refractivity contribution < 1.29 is 13.5 Å². The van der Waals surface area contributed by atoms with Gasteiger partial charge in [0.05, 0.1) is 19.0 Å². The number of nitrogens with one attached hydrogen (secondary N) is 1. The Morgan fingerprint density at radius 3 is 2.39 bits per heavy atom. The third-order valence-electron chi connectivity index (χ3n) is 3.88. The van der Waals surface area contributed by atoms with Crippen LogP contribution < -0.4 is 4.72 Å². The summed E-state index contributed by atoms with van der Waals surface area (Å²) in [5, 5.41) is 9.57. The van der Waals surface area contributed by atoms with Crippen LogP contribution in [0.25, 0.3) is 0 Å². The van der Waals surface area contributed by atoms with Gasteiger partial charge in [-0.2, -0.15) is 0 Å². The molecule has 1 aromatic carbocycles. The number of imidazole rings is 1. The van der Waals surface area contributed by atoms with Crippen molar-refractivity contribution in [2.45, 2.75) is 43.8 Å². The number of benzene rings is 1. The van der Waals surface area contributed by atoms with Crippen LogP contribution in [-0.4, -0.2) is 35.7 Å². The highest BCUT2D eigenvalue weighted by atomic mass is 32.2. The molecule has 0 bridgehead atoms. The number of aromatic nitrogens is 2. The zero-order valence-corrected chi connectivity index (χ0v) is 14.4. The Bertz CT molecular complexity index is 726. The number of nitrogens with zero attached hydrogens (tertiary/aromatic N) is 2. The van der Waals surface area contributed by atoms with Crippen LogP contribution in [0.1, 0.15) is 38.3 Å². The predicted octanol–water partition coefficient (Wildman–Crippen LogP) is 1.91. The summed E-state index contributed by atoms with van der Waals surface area (Å²) < 4.78 is 29.2. The van der Waals surface area contributed by atoms with Crippen molar-refractivity contribution in [1.82, 2.24) is 14.3 Å². The molecule has 2 aromatic rings. The predicted molar refractivity (Wildman–Crippen MR) is 88.7 cm³/mol. The van der Waals surface area contributed by atoms with Gasteiger partial charge in [0.15, 0.2) is 5.03 Å². The van der Waals surface area contributed by atoms with E-state index < -0.39 is 16.1 Å². The van der Waals surface area contributed by atoms with Crippen molar-refractivity contribution >= 4 is 10.0 Å². The first-order valence-electron chi connectivity index (χ1n) is 7.56. The molecule has 6 nitrogen and oxygen atoms in total. The average Bonchev–Trinajstić information content (AvgIpc) is 3.04. The van der Waals surface area contributed by atoms with Gasteiger partial charge in [-0.05, 0) is 25.3 Å².